The summed E-state index contributed by atoms with van der Waals surface area (Å²) in [7, 11) is 0. The molecule has 0 amide bonds. The Morgan fingerprint density at radius 3 is 2.94 bits per heavy atom. The van der Waals surface area contributed by atoms with Crippen LogP contribution in [-0.4, -0.2) is 30.1 Å². The van der Waals surface area contributed by atoms with E-state index in [-0.39, 0.29) is 0 Å². The molecule has 2 nitrogen and oxygen atoms in total. The van der Waals surface area contributed by atoms with Crippen LogP contribution in [0.25, 0.3) is 0 Å². The van der Waals surface area contributed by atoms with Crippen molar-refractivity contribution >= 4 is 11.3 Å². The number of likely N-dealkylation sites (N-methyl/N-ethyl adjacent to an activating group) is 1. The van der Waals surface area contributed by atoms with Crippen LogP contribution in [0.4, 0.5) is 0 Å². The van der Waals surface area contributed by atoms with Crippen molar-refractivity contribution in [3.8, 4) is 0 Å². The number of hydrogen-bond acceptors (Lipinski definition) is 3. The summed E-state index contributed by atoms with van der Waals surface area (Å²) in [4.78, 5) is 2.66. The second-order valence-electron chi connectivity index (χ2n) is 4.69. The molecule has 0 saturated heterocycles. The van der Waals surface area contributed by atoms with E-state index in [1.54, 1.807) is 11.3 Å². The van der Waals surface area contributed by atoms with Gasteiger partial charge in [0.2, 0.25) is 0 Å². The number of nitrogens with zero attached hydrogens (tertiary/aromatic N) is 1. The highest BCUT2D eigenvalue weighted by molar-refractivity contribution is 7.07. The molecule has 2 rings (SSSR count). The van der Waals surface area contributed by atoms with Crippen LogP contribution in [0.2, 0.25) is 0 Å². The largest absolute Gasteiger partial charge is 0.315 e. The first-order valence-electron chi connectivity index (χ1n) is 6.28. The first-order valence-corrected chi connectivity index (χ1v) is 7.23. The molecule has 1 heterocycles. The zero-order valence-electron chi connectivity index (χ0n) is 10.3. The number of rotatable bonds is 7. The normalized spacial score (nSPS) is 17.9. The molecule has 0 aromatic carbocycles. The Labute approximate surface area is 103 Å². The van der Waals surface area contributed by atoms with Gasteiger partial charge in [-0.2, -0.15) is 11.3 Å². The van der Waals surface area contributed by atoms with Crippen LogP contribution >= 0.6 is 11.3 Å². The monoisotopic (exact) mass is 238 g/mol. The van der Waals surface area contributed by atoms with Crippen molar-refractivity contribution in [1.82, 2.24) is 10.2 Å². The van der Waals surface area contributed by atoms with Crippen molar-refractivity contribution in [3.63, 3.8) is 0 Å². The van der Waals surface area contributed by atoms with Crippen molar-refractivity contribution in [1.29, 1.82) is 0 Å². The zero-order valence-corrected chi connectivity index (χ0v) is 11.1. The lowest BCUT2D eigenvalue weighted by Crippen LogP contribution is -2.41. The number of nitrogens with one attached hydrogen (secondary N) is 1. The minimum absolute atomic E-state index is 0.646. The lowest BCUT2D eigenvalue weighted by Gasteiger charge is -2.29. The quantitative estimate of drug-likeness (QED) is 0.786. The van der Waals surface area contributed by atoms with Crippen LogP contribution in [0.3, 0.4) is 0 Å². The second-order valence-corrected chi connectivity index (χ2v) is 5.47. The molecular weight excluding hydrogens is 216 g/mol. The molecule has 3 heteroatoms. The third-order valence-corrected chi connectivity index (χ3v) is 3.95. The van der Waals surface area contributed by atoms with Gasteiger partial charge in [0.25, 0.3) is 0 Å². The molecule has 0 bridgehead atoms. The summed E-state index contributed by atoms with van der Waals surface area (Å²) in [6.45, 7) is 7.82. The van der Waals surface area contributed by atoms with E-state index in [0.29, 0.717) is 6.04 Å². The van der Waals surface area contributed by atoms with Crippen LogP contribution in [0.15, 0.2) is 16.8 Å². The predicted octanol–water partition coefficient (Wildman–Crippen LogP) is 2.71. The molecule has 1 N–H and O–H groups in total. The first-order chi connectivity index (χ1) is 7.81. The van der Waals surface area contributed by atoms with E-state index >= 15 is 0 Å². The topological polar surface area (TPSA) is 15.3 Å². The fourth-order valence-electron chi connectivity index (χ4n) is 2.11. The molecular formula is C13H22N2S. The summed E-state index contributed by atoms with van der Waals surface area (Å²) in [6, 6.07) is 3.74. The molecule has 1 unspecified atom stereocenters. The summed E-state index contributed by atoms with van der Waals surface area (Å²) in [6.07, 6.45) is 2.78. The van der Waals surface area contributed by atoms with Crippen LogP contribution in [0, 0.1) is 0 Å². The van der Waals surface area contributed by atoms with Gasteiger partial charge in [0.15, 0.2) is 0 Å². The van der Waals surface area contributed by atoms with Gasteiger partial charge in [-0.1, -0.05) is 6.92 Å². The smallest absolute Gasteiger partial charge is 0.0248 e. The Balaban J connectivity index is 1.89. The van der Waals surface area contributed by atoms with Gasteiger partial charge >= 0.3 is 0 Å². The second kappa shape index (κ2) is 5.80. The fraction of sp³-hybridized carbons (Fsp3) is 0.692. The molecule has 0 radical (unpaired) electrons. The molecule has 1 saturated carbocycles. The van der Waals surface area contributed by atoms with Gasteiger partial charge in [0.1, 0.15) is 0 Å². The molecule has 1 atom stereocenters. The van der Waals surface area contributed by atoms with E-state index in [4.69, 9.17) is 0 Å². The van der Waals surface area contributed by atoms with Crippen molar-refractivity contribution in [2.75, 3.05) is 13.1 Å². The van der Waals surface area contributed by atoms with Crippen LogP contribution in [-0.2, 0) is 6.54 Å². The Morgan fingerprint density at radius 2 is 2.38 bits per heavy atom. The average molecular weight is 238 g/mol. The SMILES string of the molecule is CCNCC(C)N(Cc1ccsc1)C1CC1. The maximum Gasteiger partial charge on any atom is 0.0248 e. The lowest BCUT2D eigenvalue weighted by atomic mass is 10.2. The van der Waals surface area contributed by atoms with E-state index in [0.717, 1.165) is 25.7 Å². The Morgan fingerprint density at radius 1 is 1.56 bits per heavy atom. The summed E-state index contributed by atoms with van der Waals surface area (Å²) in [5.41, 5.74) is 1.47. The van der Waals surface area contributed by atoms with Gasteiger partial charge < -0.3 is 5.32 Å². The third-order valence-electron chi connectivity index (χ3n) is 3.22. The van der Waals surface area contributed by atoms with E-state index in [9.17, 15) is 0 Å². The maximum atomic E-state index is 3.45. The lowest BCUT2D eigenvalue weighted by molar-refractivity contribution is 0.186. The van der Waals surface area contributed by atoms with Crippen molar-refractivity contribution < 1.29 is 0 Å². The Hall–Kier alpha value is -0.380. The number of hydrogen-bond donors (Lipinski definition) is 1. The third kappa shape index (κ3) is 3.30. The van der Waals surface area contributed by atoms with Gasteiger partial charge in [-0.3, -0.25) is 4.90 Å². The first kappa shape index (κ1) is 12.1. The van der Waals surface area contributed by atoms with E-state index < -0.39 is 0 Å². The Kier molecular flexibility index (Phi) is 4.38. The maximum absolute atomic E-state index is 3.45. The molecule has 1 aromatic heterocycles. The van der Waals surface area contributed by atoms with E-state index in [1.807, 2.05) is 0 Å². The summed E-state index contributed by atoms with van der Waals surface area (Å²) in [5, 5.41) is 7.90. The van der Waals surface area contributed by atoms with Crippen LogP contribution in [0.5, 0.6) is 0 Å². The van der Waals surface area contributed by atoms with Gasteiger partial charge in [-0.05, 0) is 48.7 Å². The minimum Gasteiger partial charge on any atom is -0.315 e. The van der Waals surface area contributed by atoms with Gasteiger partial charge in [-0.25, -0.2) is 0 Å². The Bertz CT molecular complexity index is 293. The molecule has 1 aliphatic rings. The molecule has 0 spiro atoms. The standard InChI is InChI=1S/C13H22N2S/c1-3-14-8-11(2)15(13-4-5-13)9-12-6-7-16-10-12/h6-7,10-11,13-14H,3-5,8-9H2,1-2H3. The van der Waals surface area contributed by atoms with Crippen molar-refractivity contribution in [3.05, 3.63) is 22.4 Å². The molecule has 1 aromatic rings. The molecule has 90 valence electrons. The predicted molar refractivity (Wildman–Crippen MR) is 70.9 cm³/mol. The van der Waals surface area contributed by atoms with Gasteiger partial charge in [0, 0.05) is 25.2 Å². The highest BCUT2D eigenvalue weighted by Crippen LogP contribution is 2.30. The van der Waals surface area contributed by atoms with Gasteiger partial charge in [0.05, 0.1) is 0 Å². The molecule has 1 aliphatic carbocycles. The summed E-state index contributed by atoms with van der Waals surface area (Å²) >= 11 is 1.80. The molecule has 1 fully saturated rings. The van der Waals surface area contributed by atoms with Crippen LogP contribution in [0.1, 0.15) is 32.3 Å². The summed E-state index contributed by atoms with van der Waals surface area (Å²) in [5.74, 6) is 0. The average Bonchev–Trinajstić information content (AvgIpc) is 3.00. The van der Waals surface area contributed by atoms with Crippen LogP contribution < -0.4 is 5.32 Å². The highest BCUT2D eigenvalue weighted by atomic mass is 32.1. The fourth-order valence-corrected chi connectivity index (χ4v) is 2.77. The zero-order chi connectivity index (χ0) is 11.4. The molecule has 16 heavy (non-hydrogen) atoms. The summed E-state index contributed by atoms with van der Waals surface area (Å²) < 4.78 is 0. The van der Waals surface area contributed by atoms with Crippen molar-refractivity contribution in [2.45, 2.75) is 45.3 Å². The van der Waals surface area contributed by atoms with Gasteiger partial charge in [-0.15, -0.1) is 0 Å². The molecule has 0 aliphatic heterocycles. The number of thiophene rings is 1. The van der Waals surface area contributed by atoms with Crippen molar-refractivity contribution in [2.24, 2.45) is 0 Å². The highest BCUT2D eigenvalue weighted by Gasteiger charge is 2.31. The van der Waals surface area contributed by atoms with E-state index in [1.165, 1.54) is 18.4 Å². The van der Waals surface area contributed by atoms with E-state index in [2.05, 4.69) is 40.9 Å². The minimum atomic E-state index is 0.646.